The van der Waals surface area contributed by atoms with Crippen LogP contribution in [-0.4, -0.2) is 26.7 Å². The molecule has 0 saturated carbocycles. The van der Waals surface area contributed by atoms with Gasteiger partial charge in [-0.3, -0.25) is 0 Å². The third kappa shape index (κ3) is 7410. The fourth-order valence-electron chi connectivity index (χ4n) is 0. The molecular formula is C9H28OS. The normalized spacial score (nSPS) is 4.91. The average molecular weight is 184 g/mol. The Morgan fingerprint density at radius 2 is 1.00 bits per heavy atom. The van der Waals surface area contributed by atoms with Gasteiger partial charge in [-0.05, 0) is 12.5 Å². The quantitative estimate of drug-likeness (QED) is 0.564. The van der Waals surface area contributed by atoms with Gasteiger partial charge in [0.2, 0.25) is 0 Å². The highest BCUT2D eigenvalue weighted by atomic mass is 32.2. The minimum Gasteiger partial charge on any atom is -0.388 e. The third-order valence-corrected chi connectivity index (χ3v) is 0. The molecule has 0 N–H and O–H groups in total. The van der Waals surface area contributed by atoms with Crippen LogP contribution < -0.4 is 0 Å². The Labute approximate surface area is 78.9 Å². The number of thioether (sulfide) groups is 1. The maximum Gasteiger partial charge on any atom is 0.0351 e. The smallest absolute Gasteiger partial charge is 0.0351 e. The molecule has 0 unspecified atom stereocenters. The van der Waals surface area contributed by atoms with E-state index in [4.69, 9.17) is 0 Å². The molecule has 0 fully saturated rings. The predicted octanol–water partition coefficient (Wildman–Crippen LogP) is 3.93. The lowest BCUT2D eigenvalue weighted by atomic mass is 10.6. The summed E-state index contributed by atoms with van der Waals surface area (Å²) in [6, 6.07) is 0. The minimum absolute atomic E-state index is 0. The molecule has 0 aromatic rings. The van der Waals surface area contributed by atoms with Crippen LogP contribution in [0.3, 0.4) is 0 Å². The van der Waals surface area contributed by atoms with E-state index in [2.05, 4.69) is 18.6 Å². The summed E-state index contributed by atoms with van der Waals surface area (Å²) in [5.74, 6) is 0. The maximum absolute atomic E-state index is 4.25. The van der Waals surface area contributed by atoms with Crippen LogP contribution in [0, 0.1) is 0 Å². The van der Waals surface area contributed by atoms with E-state index in [1.54, 1.807) is 26.0 Å². The van der Waals surface area contributed by atoms with Crippen molar-refractivity contribution in [3.05, 3.63) is 0 Å². The fourth-order valence-corrected chi connectivity index (χ4v) is 0. The van der Waals surface area contributed by atoms with Gasteiger partial charge in [0.15, 0.2) is 0 Å². The van der Waals surface area contributed by atoms with Crippen LogP contribution in [0.25, 0.3) is 0 Å². The van der Waals surface area contributed by atoms with E-state index in [1.165, 1.54) is 6.42 Å². The van der Waals surface area contributed by atoms with Crippen molar-refractivity contribution in [3.63, 3.8) is 0 Å². The molecule has 0 amide bonds. The molecule has 11 heavy (non-hydrogen) atoms. The fraction of sp³-hybridized carbons (Fsp3) is 1.00. The summed E-state index contributed by atoms with van der Waals surface area (Å²) in [6.07, 6.45) is 5.33. The highest BCUT2D eigenvalue weighted by Crippen LogP contribution is 1.70. The highest BCUT2D eigenvalue weighted by Gasteiger charge is 1.35. The van der Waals surface area contributed by atoms with Crippen molar-refractivity contribution >= 4 is 11.8 Å². The van der Waals surface area contributed by atoms with Crippen LogP contribution in [0.4, 0.5) is 0 Å². The second-order valence-electron chi connectivity index (χ2n) is 1.52. The first-order valence-electron chi connectivity index (χ1n) is 3.05. The number of hydrogen-bond acceptors (Lipinski definition) is 2. The second-order valence-corrected chi connectivity index (χ2v) is 2.34. The Bertz CT molecular complexity index is 14.3. The van der Waals surface area contributed by atoms with Gasteiger partial charge in [-0.25, -0.2) is 0 Å². The Kier molecular flexibility index (Phi) is 224. The van der Waals surface area contributed by atoms with Crippen molar-refractivity contribution in [2.75, 3.05) is 26.7 Å². The Balaban J connectivity index is -0.0000000150. The lowest BCUT2D eigenvalue weighted by molar-refractivity contribution is 0.277. The lowest BCUT2D eigenvalue weighted by Gasteiger charge is -1.61. The molecule has 0 spiro atoms. The zero-order valence-electron chi connectivity index (χ0n) is 7.52. The summed E-state index contributed by atoms with van der Waals surface area (Å²) in [4.78, 5) is 0. The SMILES string of the molecule is C.C.CCC.COC.CSC. The van der Waals surface area contributed by atoms with Crippen LogP contribution in [0.2, 0.25) is 0 Å². The maximum atomic E-state index is 4.25. The lowest BCUT2D eigenvalue weighted by Crippen LogP contribution is -1.55. The van der Waals surface area contributed by atoms with Gasteiger partial charge < -0.3 is 4.74 Å². The molecule has 0 rings (SSSR count). The van der Waals surface area contributed by atoms with Crippen molar-refractivity contribution in [2.24, 2.45) is 0 Å². The molecule has 1 nitrogen and oxygen atoms in total. The highest BCUT2D eigenvalue weighted by molar-refractivity contribution is 7.97. The Hall–Kier alpha value is 0.310. The van der Waals surface area contributed by atoms with Crippen molar-refractivity contribution in [2.45, 2.75) is 35.1 Å². The molecule has 0 radical (unpaired) electrons. The molecule has 0 aliphatic rings. The Morgan fingerprint density at radius 3 is 1.00 bits per heavy atom. The van der Waals surface area contributed by atoms with E-state index in [-0.39, 0.29) is 14.9 Å². The topological polar surface area (TPSA) is 9.23 Å². The summed E-state index contributed by atoms with van der Waals surface area (Å²) in [7, 11) is 3.25. The van der Waals surface area contributed by atoms with Gasteiger partial charge in [0, 0.05) is 14.2 Å². The van der Waals surface area contributed by atoms with Gasteiger partial charge in [-0.15, -0.1) is 0 Å². The van der Waals surface area contributed by atoms with Crippen LogP contribution in [0.15, 0.2) is 0 Å². The average Bonchev–Trinajstić information content (AvgIpc) is 1.70. The molecule has 2 heteroatoms. The van der Waals surface area contributed by atoms with E-state index in [1.807, 2.05) is 12.5 Å². The Morgan fingerprint density at radius 1 is 1.00 bits per heavy atom. The van der Waals surface area contributed by atoms with Crippen LogP contribution >= 0.6 is 11.8 Å². The standard InChI is InChI=1S/C3H8.C2H6O.C2H6S.2CH4/c3*1-3-2;;/h3H2,1-2H3;2*1-2H3;2*1H4. The molecule has 0 aliphatic carbocycles. The monoisotopic (exact) mass is 184 g/mol. The summed E-state index contributed by atoms with van der Waals surface area (Å²) >= 11 is 1.75. The van der Waals surface area contributed by atoms with E-state index in [0.717, 1.165) is 0 Å². The van der Waals surface area contributed by atoms with Crippen LogP contribution in [0.1, 0.15) is 35.1 Å². The minimum atomic E-state index is 0. The van der Waals surface area contributed by atoms with Gasteiger partial charge in [0.05, 0.1) is 0 Å². The molecule has 0 bridgehead atoms. The zero-order valence-corrected chi connectivity index (χ0v) is 8.34. The largest absolute Gasteiger partial charge is 0.388 e. The van der Waals surface area contributed by atoms with Crippen molar-refractivity contribution in [1.82, 2.24) is 0 Å². The molecular weight excluding hydrogens is 156 g/mol. The first-order valence-corrected chi connectivity index (χ1v) is 4.68. The van der Waals surface area contributed by atoms with Gasteiger partial charge in [0.1, 0.15) is 0 Å². The summed E-state index contributed by atoms with van der Waals surface area (Å²) in [5, 5.41) is 0. The summed E-state index contributed by atoms with van der Waals surface area (Å²) in [6.45, 7) is 4.25. The zero-order chi connectivity index (χ0) is 8.12. The molecule has 0 heterocycles. The van der Waals surface area contributed by atoms with E-state index < -0.39 is 0 Å². The third-order valence-electron chi connectivity index (χ3n) is 0. The van der Waals surface area contributed by atoms with Gasteiger partial charge in [-0.2, -0.15) is 11.8 Å². The molecule has 0 saturated heterocycles. The van der Waals surface area contributed by atoms with Gasteiger partial charge in [-0.1, -0.05) is 35.1 Å². The number of rotatable bonds is 0. The predicted molar refractivity (Wildman–Crippen MR) is 61.8 cm³/mol. The van der Waals surface area contributed by atoms with E-state index in [9.17, 15) is 0 Å². The second kappa shape index (κ2) is 81.6. The van der Waals surface area contributed by atoms with Crippen LogP contribution in [-0.2, 0) is 4.74 Å². The van der Waals surface area contributed by atoms with Crippen molar-refractivity contribution in [3.8, 4) is 0 Å². The molecule has 0 aromatic heterocycles. The van der Waals surface area contributed by atoms with Crippen LogP contribution in [0.5, 0.6) is 0 Å². The summed E-state index contributed by atoms with van der Waals surface area (Å²) in [5.41, 5.74) is 0. The number of methoxy groups -OCH3 is 1. The number of ether oxygens (including phenoxy) is 1. The van der Waals surface area contributed by atoms with E-state index in [0.29, 0.717) is 0 Å². The van der Waals surface area contributed by atoms with Crippen molar-refractivity contribution in [1.29, 1.82) is 0 Å². The number of hydrogen-bond donors (Lipinski definition) is 0. The van der Waals surface area contributed by atoms with Gasteiger partial charge >= 0.3 is 0 Å². The molecule has 0 aliphatic heterocycles. The first kappa shape index (κ1) is 30.2. The summed E-state index contributed by atoms with van der Waals surface area (Å²) < 4.78 is 4.25. The first-order chi connectivity index (χ1) is 4.24. The van der Waals surface area contributed by atoms with Crippen molar-refractivity contribution < 1.29 is 4.74 Å². The molecule has 0 atom stereocenters. The molecule has 76 valence electrons. The van der Waals surface area contributed by atoms with Gasteiger partial charge in [0.25, 0.3) is 0 Å². The van der Waals surface area contributed by atoms with E-state index >= 15 is 0 Å². The molecule has 0 aromatic carbocycles.